The van der Waals surface area contributed by atoms with Crippen LogP contribution in [0.2, 0.25) is 0 Å². The molecule has 0 aliphatic carbocycles. The maximum atomic E-state index is 14.1. The van der Waals surface area contributed by atoms with E-state index < -0.39 is 11.6 Å². The third-order valence-electron chi connectivity index (χ3n) is 7.40. The molecule has 2 aliphatic rings. The van der Waals surface area contributed by atoms with Crippen molar-refractivity contribution in [1.29, 1.82) is 0 Å². The van der Waals surface area contributed by atoms with Gasteiger partial charge in [0.25, 0.3) is 0 Å². The molecule has 0 unspecified atom stereocenters. The molecule has 0 saturated carbocycles. The zero-order chi connectivity index (χ0) is 27.5. The number of rotatable bonds is 5. The Bertz CT molecular complexity index is 1390. The summed E-state index contributed by atoms with van der Waals surface area (Å²) in [5.74, 6) is -1.67. The number of benzene rings is 3. The SMILES string of the molecule is COC(=O)C1CCN(C(=O)N2CCc3c(CC(=O)N(c4ccc(F)cc4)c4cccc(F)c4)cccc32)CC1. The van der Waals surface area contributed by atoms with Crippen LogP contribution in [-0.4, -0.2) is 49.6 Å². The van der Waals surface area contributed by atoms with Crippen LogP contribution in [0.25, 0.3) is 0 Å². The Balaban J connectivity index is 1.36. The molecule has 3 aromatic rings. The van der Waals surface area contributed by atoms with Crippen molar-refractivity contribution in [3.05, 3.63) is 89.5 Å². The van der Waals surface area contributed by atoms with E-state index in [1.807, 2.05) is 18.2 Å². The molecule has 0 radical (unpaired) electrons. The zero-order valence-electron chi connectivity index (χ0n) is 21.6. The minimum absolute atomic E-state index is 0.0175. The molecule has 0 N–H and O–H groups in total. The van der Waals surface area contributed by atoms with E-state index >= 15 is 0 Å². The number of amides is 3. The summed E-state index contributed by atoms with van der Waals surface area (Å²) in [5.41, 5.74) is 3.22. The van der Waals surface area contributed by atoms with Gasteiger partial charge in [0.15, 0.2) is 0 Å². The van der Waals surface area contributed by atoms with E-state index in [0.29, 0.717) is 50.3 Å². The lowest BCUT2D eigenvalue weighted by molar-refractivity contribution is -0.146. The quantitative estimate of drug-likeness (QED) is 0.421. The highest BCUT2D eigenvalue weighted by molar-refractivity contribution is 6.02. The highest BCUT2D eigenvalue weighted by Gasteiger charge is 2.34. The van der Waals surface area contributed by atoms with E-state index in [1.165, 1.54) is 54.5 Å². The standard InChI is InChI=1S/C30H29F2N3O4/c1-39-29(37)20-12-15-33(16-13-20)30(38)34-17-14-26-21(4-2-7-27(26)34)18-28(36)35(24-10-8-22(31)9-11-24)25-6-3-5-23(32)19-25/h2-11,19-20H,12-18H2,1H3. The first-order valence-corrected chi connectivity index (χ1v) is 12.9. The fraction of sp³-hybridized carbons (Fsp3) is 0.300. The Kier molecular flexibility index (Phi) is 7.58. The highest BCUT2D eigenvalue weighted by atomic mass is 19.1. The summed E-state index contributed by atoms with van der Waals surface area (Å²) in [4.78, 5) is 43.8. The van der Waals surface area contributed by atoms with Gasteiger partial charge < -0.3 is 9.64 Å². The van der Waals surface area contributed by atoms with Crippen LogP contribution in [0.15, 0.2) is 66.7 Å². The summed E-state index contributed by atoms with van der Waals surface area (Å²) >= 11 is 0. The molecule has 0 bridgehead atoms. The van der Waals surface area contributed by atoms with Crippen molar-refractivity contribution < 1.29 is 27.9 Å². The Morgan fingerprint density at radius 2 is 1.62 bits per heavy atom. The normalized spacial score (nSPS) is 15.2. The van der Waals surface area contributed by atoms with Crippen molar-refractivity contribution >= 4 is 35.0 Å². The van der Waals surface area contributed by atoms with Crippen LogP contribution in [0.3, 0.4) is 0 Å². The molecule has 202 valence electrons. The maximum Gasteiger partial charge on any atom is 0.324 e. The number of urea groups is 1. The van der Waals surface area contributed by atoms with Crippen LogP contribution in [-0.2, 0) is 27.2 Å². The van der Waals surface area contributed by atoms with E-state index in [-0.39, 0.29) is 30.2 Å². The van der Waals surface area contributed by atoms with E-state index in [9.17, 15) is 23.2 Å². The first kappa shape index (κ1) is 26.3. The Morgan fingerprint density at radius 1 is 0.897 bits per heavy atom. The minimum Gasteiger partial charge on any atom is -0.469 e. The summed E-state index contributed by atoms with van der Waals surface area (Å²) in [7, 11) is 1.38. The summed E-state index contributed by atoms with van der Waals surface area (Å²) in [6, 6.07) is 16.6. The molecule has 2 heterocycles. The predicted molar refractivity (Wildman–Crippen MR) is 143 cm³/mol. The zero-order valence-corrected chi connectivity index (χ0v) is 21.6. The van der Waals surface area contributed by atoms with Gasteiger partial charge in [0, 0.05) is 31.0 Å². The number of carbonyl (C=O) groups is 3. The van der Waals surface area contributed by atoms with Gasteiger partial charge in [-0.25, -0.2) is 13.6 Å². The number of fused-ring (bicyclic) bond motifs is 1. The molecule has 0 atom stereocenters. The second-order valence-corrected chi connectivity index (χ2v) is 9.75. The molecular weight excluding hydrogens is 504 g/mol. The van der Waals surface area contributed by atoms with Crippen LogP contribution in [0, 0.1) is 17.6 Å². The lowest BCUT2D eigenvalue weighted by Crippen LogP contribution is -2.47. The lowest BCUT2D eigenvalue weighted by Gasteiger charge is -2.33. The highest BCUT2D eigenvalue weighted by Crippen LogP contribution is 2.34. The second kappa shape index (κ2) is 11.2. The number of ether oxygens (including phenoxy) is 1. The van der Waals surface area contributed by atoms with Crippen LogP contribution in [0.1, 0.15) is 24.0 Å². The van der Waals surface area contributed by atoms with Crippen LogP contribution < -0.4 is 9.80 Å². The number of nitrogens with zero attached hydrogens (tertiary/aromatic N) is 3. The van der Waals surface area contributed by atoms with Gasteiger partial charge in [-0.15, -0.1) is 0 Å². The average molecular weight is 534 g/mol. The van der Waals surface area contributed by atoms with Gasteiger partial charge in [-0.1, -0.05) is 18.2 Å². The predicted octanol–water partition coefficient (Wildman–Crippen LogP) is 5.24. The Labute approximate surface area is 225 Å². The van der Waals surface area contributed by atoms with Gasteiger partial charge in [0.05, 0.1) is 25.1 Å². The van der Waals surface area contributed by atoms with Crippen LogP contribution in [0.4, 0.5) is 30.6 Å². The topological polar surface area (TPSA) is 70.2 Å². The van der Waals surface area contributed by atoms with Crippen LogP contribution in [0.5, 0.6) is 0 Å². The molecule has 1 fully saturated rings. The van der Waals surface area contributed by atoms with Crippen molar-refractivity contribution in [3.8, 4) is 0 Å². The number of anilines is 3. The number of hydrogen-bond donors (Lipinski definition) is 0. The van der Waals surface area contributed by atoms with Crippen molar-refractivity contribution in [1.82, 2.24) is 4.90 Å². The molecule has 5 rings (SSSR count). The number of halogens is 2. The summed E-state index contributed by atoms with van der Waals surface area (Å²) in [6.45, 7) is 1.44. The number of likely N-dealkylation sites (tertiary alicyclic amines) is 1. The van der Waals surface area contributed by atoms with Gasteiger partial charge in [-0.05, 0) is 78.9 Å². The molecule has 3 amide bonds. The van der Waals surface area contributed by atoms with E-state index in [1.54, 1.807) is 15.9 Å². The molecule has 39 heavy (non-hydrogen) atoms. The second-order valence-electron chi connectivity index (χ2n) is 9.75. The van der Waals surface area contributed by atoms with Crippen molar-refractivity contribution in [3.63, 3.8) is 0 Å². The van der Waals surface area contributed by atoms with E-state index in [0.717, 1.165) is 16.8 Å². The number of methoxy groups -OCH3 is 1. The monoisotopic (exact) mass is 533 g/mol. The van der Waals surface area contributed by atoms with Crippen molar-refractivity contribution in [2.24, 2.45) is 5.92 Å². The Hall–Kier alpha value is -4.27. The molecule has 9 heteroatoms. The van der Waals surface area contributed by atoms with Crippen molar-refractivity contribution in [2.75, 3.05) is 36.5 Å². The molecule has 3 aromatic carbocycles. The average Bonchev–Trinajstić information content (AvgIpc) is 3.39. The number of hydrogen-bond acceptors (Lipinski definition) is 4. The van der Waals surface area contributed by atoms with Gasteiger partial charge in [0.1, 0.15) is 11.6 Å². The maximum absolute atomic E-state index is 14.1. The van der Waals surface area contributed by atoms with Gasteiger partial charge in [0.2, 0.25) is 5.91 Å². The largest absolute Gasteiger partial charge is 0.469 e. The fourth-order valence-corrected chi connectivity index (χ4v) is 5.40. The first-order valence-electron chi connectivity index (χ1n) is 12.9. The van der Waals surface area contributed by atoms with E-state index in [2.05, 4.69) is 0 Å². The summed E-state index contributed by atoms with van der Waals surface area (Å²) < 4.78 is 32.5. The van der Waals surface area contributed by atoms with Gasteiger partial charge >= 0.3 is 12.0 Å². The molecule has 7 nitrogen and oxygen atoms in total. The molecule has 1 saturated heterocycles. The molecule has 2 aliphatic heterocycles. The first-order chi connectivity index (χ1) is 18.9. The molecule has 0 aromatic heterocycles. The van der Waals surface area contributed by atoms with E-state index in [4.69, 9.17) is 4.74 Å². The summed E-state index contributed by atoms with van der Waals surface area (Å²) in [5, 5.41) is 0. The lowest BCUT2D eigenvalue weighted by atomic mass is 9.97. The Morgan fingerprint density at radius 3 is 2.31 bits per heavy atom. The smallest absolute Gasteiger partial charge is 0.324 e. The fourth-order valence-electron chi connectivity index (χ4n) is 5.40. The third kappa shape index (κ3) is 5.48. The third-order valence-corrected chi connectivity index (χ3v) is 7.40. The van der Waals surface area contributed by atoms with Crippen molar-refractivity contribution in [2.45, 2.75) is 25.7 Å². The van der Waals surface area contributed by atoms with Crippen LogP contribution >= 0.6 is 0 Å². The van der Waals surface area contributed by atoms with Gasteiger partial charge in [-0.3, -0.25) is 19.4 Å². The number of carbonyl (C=O) groups excluding carboxylic acids is 3. The minimum atomic E-state index is -0.488. The van der Waals surface area contributed by atoms with Gasteiger partial charge in [-0.2, -0.15) is 0 Å². The molecular formula is C30H29F2N3O4. The number of esters is 1. The summed E-state index contributed by atoms with van der Waals surface area (Å²) in [6.07, 6.45) is 1.74. The number of piperidine rings is 1. The molecule has 0 spiro atoms.